The number of piperidine rings is 1. The van der Waals surface area contributed by atoms with Crippen LogP contribution in [0.5, 0.6) is 0 Å². The van der Waals surface area contributed by atoms with Gasteiger partial charge in [0, 0.05) is 6.54 Å². The van der Waals surface area contributed by atoms with E-state index in [-0.39, 0.29) is 5.82 Å². The molecule has 1 fully saturated rings. The van der Waals surface area contributed by atoms with Crippen molar-refractivity contribution in [2.45, 2.75) is 32.6 Å². The molecule has 1 aromatic rings. The van der Waals surface area contributed by atoms with Gasteiger partial charge in [0.1, 0.15) is 5.82 Å². The molecule has 1 heterocycles. The average Bonchev–Trinajstić information content (AvgIpc) is 2.17. The van der Waals surface area contributed by atoms with Gasteiger partial charge < -0.3 is 5.32 Å². The van der Waals surface area contributed by atoms with Gasteiger partial charge in [-0.3, -0.25) is 0 Å². The molecular formula is C13H18FN. The Labute approximate surface area is 90.7 Å². The fourth-order valence-corrected chi connectivity index (χ4v) is 2.54. The summed E-state index contributed by atoms with van der Waals surface area (Å²) in [5.41, 5.74) is 3.03. The van der Waals surface area contributed by atoms with Crippen molar-refractivity contribution >= 4 is 0 Å². The molecule has 1 aromatic carbocycles. The molecule has 0 radical (unpaired) electrons. The van der Waals surface area contributed by atoms with E-state index in [9.17, 15) is 4.39 Å². The summed E-state index contributed by atoms with van der Waals surface area (Å²) in [6, 6.07) is 3.73. The lowest BCUT2D eigenvalue weighted by molar-refractivity contribution is 0.444. The van der Waals surface area contributed by atoms with Crippen LogP contribution in [0.15, 0.2) is 12.1 Å². The molecular weight excluding hydrogens is 189 g/mol. The molecule has 0 spiro atoms. The molecule has 1 saturated heterocycles. The van der Waals surface area contributed by atoms with E-state index in [0.29, 0.717) is 5.92 Å². The Kier molecular flexibility index (Phi) is 3.06. The largest absolute Gasteiger partial charge is 0.316 e. The number of nitrogens with one attached hydrogen (secondary N) is 1. The minimum atomic E-state index is -0.0267. The van der Waals surface area contributed by atoms with Gasteiger partial charge in [-0.15, -0.1) is 0 Å². The third-order valence-electron chi connectivity index (χ3n) is 3.19. The van der Waals surface area contributed by atoms with E-state index in [4.69, 9.17) is 0 Å². The minimum absolute atomic E-state index is 0.0267. The zero-order valence-electron chi connectivity index (χ0n) is 9.44. The lowest BCUT2D eigenvalue weighted by atomic mass is 9.87. The molecule has 15 heavy (non-hydrogen) atoms. The Morgan fingerprint density at radius 3 is 2.73 bits per heavy atom. The van der Waals surface area contributed by atoms with Crippen molar-refractivity contribution in [2.75, 3.05) is 13.1 Å². The van der Waals surface area contributed by atoms with Crippen molar-refractivity contribution in [3.63, 3.8) is 0 Å². The van der Waals surface area contributed by atoms with Gasteiger partial charge in [0.05, 0.1) is 0 Å². The maximum absolute atomic E-state index is 13.9. The first-order valence-corrected chi connectivity index (χ1v) is 5.66. The highest BCUT2D eigenvalue weighted by molar-refractivity contribution is 5.35. The highest BCUT2D eigenvalue weighted by Crippen LogP contribution is 2.29. The summed E-state index contributed by atoms with van der Waals surface area (Å²) >= 11 is 0. The Morgan fingerprint density at radius 1 is 1.33 bits per heavy atom. The van der Waals surface area contributed by atoms with Crippen LogP contribution >= 0.6 is 0 Å². The zero-order valence-corrected chi connectivity index (χ0v) is 9.44. The third kappa shape index (κ3) is 2.20. The van der Waals surface area contributed by atoms with Gasteiger partial charge in [-0.05, 0) is 61.9 Å². The second-order valence-electron chi connectivity index (χ2n) is 4.52. The first-order chi connectivity index (χ1) is 7.18. The normalized spacial score (nSPS) is 21.7. The Bertz CT molecular complexity index is 331. The molecule has 0 saturated carbocycles. The molecule has 0 aliphatic carbocycles. The number of hydrogen-bond acceptors (Lipinski definition) is 1. The van der Waals surface area contributed by atoms with Gasteiger partial charge in [0.25, 0.3) is 0 Å². The van der Waals surface area contributed by atoms with E-state index in [1.165, 1.54) is 0 Å². The molecule has 1 N–H and O–H groups in total. The average molecular weight is 207 g/mol. The first kappa shape index (κ1) is 10.6. The Hall–Kier alpha value is -0.890. The molecule has 2 rings (SSSR count). The SMILES string of the molecule is Cc1cc(C)c(C2CCCNC2)c(F)c1. The van der Waals surface area contributed by atoms with Crippen LogP contribution in [0.1, 0.15) is 35.4 Å². The molecule has 0 aromatic heterocycles. The Morgan fingerprint density at radius 2 is 2.13 bits per heavy atom. The van der Waals surface area contributed by atoms with Gasteiger partial charge in [-0.1, -0.05) is 6.07 Å². The summed E-state index contributed by atoms with van der Waals surface area (Å²) in [4.78, 5) is 0. The minimum Gasteiger partial charge on any atom is -0.316 e. The smallest absolute Gasteiger partial charge is 0.127 e. The lowest BCUT2D eigenvalue weighted by Crippen LogP contribution is -2.29. The van der Waals surface area contributed by atoms with E-state index in [1.807, 2.05) is 13.8 Å². The van der Waals surface area contributed by atoms with Crippen LogP contribution in [0.2, 0.25) is 0 Å². The molecule has 0 amide bonds. The second-order valence-corrected chi connectivity index (χ2v) is 4.52. The van der Waals surface area contributed by atoms with Crippen molar-refractivity contribution in [1.29, 1.82) is 0 Å². The predicted molar refractivity (Wildman–Crippen MR) is 60.7 cm³/mol. The quantitative estimate of drug-likeness (QED) is 0.746. The van der Waals surface area contributed by atoms with E-state index < -0.39 is 0 Å². The monoisotopic (exact) mass is 207 g/mol. The number of hydrogen-bond donors (Lipinski definition) is 1. The first-order valence-electron chi connectivity index (χ1n) is 5.66. The van der Waals surface area contributed by atoms with Gasteiger partial charge in [-0.2, -0.15) is 0 Å². The van der Waals surface area contributed by atoms with Crippen molar-refractivity contribution in [1.82, 2.24) is 5.32 Å². The molecule has 1 aliphatic heterocycles. The molecule has 2 heteroatoms. The highest BCUT2D eigenvalue weighted by Gasteiger charge is 2.20. The van der Waals surface area contributed by atoms with Crippen LogP contribution < -0.4 is 5.32 Å². The van der Waals surface area contributed by atoms with Crippen LogP contribution in [0.4, 0.5) is 4.39 Å². The van der Waals surface area contributed by atoms with E-state index in [0.717, 1.165) is 42.6 Å². The van der Waals surface area contributed by atoms with E-state index in [2.05, 4.69) is 11.4 Å². The summed E-state index contributed by atoms with van der Waals surface area (Å²) in [6.07, 6.45) is 2.26. The van der Waals surface area contributed by atoms with E-state index >= 15 is 0 Å². The van der Waals surface area contributed by atoms with Gasteiger partial charge in [-0.25, -0.2) is 4.39 Å². The molecule has 1 atom stereocenters. The summed E-state index contributed by atoms with van der Waals surface area (Å²) in [7, 11) is 0. The van der Waals surface area contributed by atoms with Crippen LogP contribution in [-0.4, -0.2) is 13.1 Å². The van der Waals surface area contributed by atoms with Crippen LogP contribution in [-0.2, 0) is 0 Å². The van der Waals surface area contributed by atoms with Crippen molar-refractivity contribution < 1.29 is 4.39 Å². The number of rotatable bonds is 1. The topological polar surface area (TPSA) is 12.0 Å². The van der Waals surface area contributed by atoms with Crippen molar-refractivity contribution in [3.8, 4) is 0 Å². The van der Waals surface area contributed by atoms with Crippen LogP contribution in [0.25, 0.3) is 0 Å². The highest BCUT2D eigenvalue weighted by atomic mass is 19.1. The predicted octanol–water partition coefficient (Wildman–Crippen LogP) is 2.91. The molecule has 1 aliphatic rings. The summed E-state index contributed by atoms with van der Waals surface area (Å²) in [5.74, 6) is 0.334. The zero-order chi connectivity index (χ0) is 10.8. The summed E-state index contributed by atoms with van der Waals surface area (Å²) in [6.45, 7) is 5.95. The maximum atomic E-state index is 13.9. The summed E-state index contributed by atoms with van der Waals surface area (Å²) in [5, 5.41) is 3.34. The number of aryl methyl sites for hydroxylation is 2. The van der Waals surface area contributed by atoms with Gasteiger partial charge in [0.2, 0.25) is 0 Å². The molecule has 0 bridgehead atoms. The van der Waals surface area contributed by atoms with Gasteiger partial charge >= 0.3 is 0 Å². The van der Waals surface area contributed by atoms with Crippen molar-refractivity contribution in [2.24, 2.45) is 0 Å². The standard InChI is InChI=1S/C13H18FN/c1-9-6-10(2)13(12(14)7-9)11-4-3-5-15-8-11/h6-7,11,15H,3-5,8H2,1-2H3. The third-order valence-corrected chi connectivity index (χ3v) is 3.19. The molecule has 1 unspecified atom stereocenters. The second kappa shape index (κ2) is 4.31. The maximum Gasteiger partial charge on any atom is 0.127 e. The fraction of sp³-hybridized carbons (Fsp3) is 0.538. The lowest BCUT2D eigenvalue weighted by Gasteiger charge is -2.25. The number of benzene rings is 1. The fourth-order valence-electron chi connectivity index (χ4n) is 2.54. The van der Waals surface area contributed by atoms with Crippen LogP contribution in [0, 0.1) is 19.7 Å². The molecule has 82 valence electrons. The molecule has 1 nitrogen and oxygen atoms in total. The number of halogens is 1. The van der Waals surface area contributed by atoms with Gasteiger partial charge in [0.15, 0.2) is 0 Å². The van der Waals surface area contributed by atoms with E-state index in [1.54, 1.807) is 6.07 Å². The van der Waals surface area contributed by atoms with Crippen LogP contribution in [0.3, 0.4) is 0 Å². The summed E-state index contributed by atoms with van der Waals surface area (Å²) < 4.78 is 13.9. The van der Waals surface area contributed by atoms with Crippen molar-refractivity contribution in [3.05, 3.63) is 34.6 Å². The Balaban J connectivity index is 2.33.